The summed E-state index contributed by atoms with van der Waals surface area (Å²) in [5, 5.41) is 14.3. The van der Waals surface area contributed by atoms with Crippen LogP contribution in [0.2, 0.25) is 0 Å². The highest BCUT2D eigenvalue weighted by molar-refractivity contribution is 5.76. The first-order chi connectivity index (χ1) is 18.5. The average molecular weight is 540 g/mol. The van der Waals surface area contributed by atoms with Crippen molar-refractivity contribution in [2.24, 2.45) is 0 Å². The highest BCUT2D eigenvalue weighted by Gasteiger charge is 2.02. The van der Waals surface area contributed by atoms with Crippen molar-refractivity contribution in [2.45, 2.75) is 104 Å². The van der Waals surface area contributed by atoms with Gasteiger partial charge in [-0.2, -0.15) is 0 Å². The molecule has 0 spiro atoms. The van der Waals surface area contributed by atoms with E-state index in [2.05, 4.69) is 36.6 Å². The van der Waals surface area contributed by atoms with Gasteiger partial charge in [-0.15, -0.1) is 0 Å². The molecule has 0 atom stereocenters. The van der Waals surface area contributed by atoms with E-state index in [1.165, 1.54) is 24.0 Å². The fraction of sp³-hybridized carbons (Fsp3) is 0.767. The van der Waals surface area contributed by atoms with Crippen LogP contribution in [0, 0.1) is 0 Å². The van der Waals surface area contributed by atoms with Gasteiger partial charge in [0.25, 0.3) is 0 Å². The van der Waals surface area contributed by atoms with Gasteiger partial charge in [0, 0.05) is 25.9 Å². The second kappa shape index (κ2) is 28.0. The number of rotatable bonds is 27. The Balaban J connectivity index is 3.60. The molecular weight excluding hydrogens is 484 g/mol. The van der Waals surface area contributed by atoms with Crippen LogP contribution >= 0.6 is 0 Å². The van der Waals surface area contributed by atoms with E-state index in [-0.39, 0.29) is 25.0 Å². The Hall–Kier alpha value is -2.03. The molecule has 0 radical (unpaired) electrons. The molecule has 2 amide bonds. The van der Waals surface area contributed by atoms with E-state index in [0.29, 0.717) is 45.8 Å². The van der Waals surface area contributed by atoms with Crippen LogP contribution in [0.5, 0.6) is 0 Å². The summed E-state index contributed by atoms with van der Waals surface area (Å²) >= 11 is 0. The lowest BCUT2D eigenvalue weighted by molar-refractivity contribution is -0.122. The predicted molar refractivity (Wildman–Crippen MR) is 155 cm³/mol. The minimum absolute atomic E-state index is 0.0111. The van der Waals surface area contributed by atoms with Crippen LogP contribution in [0.4, 0.5) is 0 Å². The van der Waals surface area contributed by atoms with Gasteiger partial charge >= 0.3 is 6.29 Å². The van der Waals surface area contributed by atoms with E-state index >= 15 is 0 Å². The quantitative estimate of drug-likeness (QED) is 0.0601. The summed E-state index contributed by atoms with van der Waals surface area (Å²) in [4.78, 5) is 32.0. The van der Waals surface area contributed by atoms with Gasteiger partial charge in [-0.25, -0.2) is 0 Å². The zero-order valence-corrected chi connectivity index (χ0v) is 24.1. The minimum Gasteiger partial charge on any atom is -0.394 e. The molecule has 0 heterocycles. The largest absolute Gasteiger partial charge is 0.394 e. The first-order valence-corrected chi connectivity index (χ1v) is 14.6. The molecule has 0 rings (SSSR count). The third-order valence-electron chi connectivity index (χ3n) is 6.17. The van der Waals surface area contributed by atoms with Gasteiger partial charge in [-0.3, -0.25) is 14.4 Å². The maximum atomic E-state index is 11.7. The molecular formula is C30H55N2O6+. The average Bonchev–Trinajstić information content (AvgIpc) is 2.90. The Morgan fingerprint density at radius 1 is 0.684 bits per heavy atom. The Kier molecular flexibility index (Phi) is 26.5. The highest BCUT2D eigenvalue weighted by atomic mass is 16.5. The first kappa shape index (κ1) is 36.0. The molecule has 0 aliphatic heterocycles. The van der Waals surface area contributed by atoms with Gasteiger partial charge < -0.3 is 25.2 Å². The number of aliphatic hydroxyl groups excluding tert-OH is 1. The van der Waals surface area contributed by atoms with Gasteiger partial charge in [0.05, 0.1) is 26.4 Å². The van der Waals surface area contributed by atoms with E-state index in [1.807, 2.05) is 0 Å². The van der Waals surface area contributed by atoms with Crippen LogP contribution in [-0.4, -0.2) is 74.1 Å². The van der Waals surface area contributed by atoms with Gasteiger partial charge in [0.1, 0.15) is 0 Å². The monoisotopic (exact) mass is 539 g/mol. The highest BCUT2D eigenvalue weighted by Crippen LogP contribution is 2.14. The maximum Gasteiger partial charge on any atom is 0.307 e. The molecule has 220 valence electrons. The number of allylic oxidation sites excluding steroid dienone is 4. The molecule has 0 aromatic rings. The third kappa shape index (κ3) is 27.0. The lowest BCUT2D eigenvalue weighted by atomic mass is 10.0. The van der Waals surface area contributed by atoms with E-state index < -0.39 is 0 Å². The predicted octanol–water partition coefficient (Wildman–Crippen LogP) is 4.77. The van der Waals surface area contributed by atoms with Gasteiger partial charge in [0.2, 0.25) is 11.8 Å². The number of hydrogen-bond acceptors (Lipinski definition) is 5. The van der Waals surface area contributed by atoms with Gasteiger partial charge in [-0.05, 0) is 65.2 Å². The standard InChI is InChI=1S/C30H54N2O6/c1-27(13-7-3-5-9-17-29(35)31-19-23-37-25-21-33)15-11-12-16-28(2)14-8-4-6-10-18-30(36)32-20-24-38-26-22-34/h15-16,21,34H,3-14,17-20,22-26H2,1-2H3,(H,31,35)(H,32,36)/p+1/b27-15+,28-16+. The summed E-state index contributed by atoms with van der Waals surface area (Å²) < 4.78 is 10.2. The topological polar surface area (TPSA) is 118 Å². The molecule has 0 aromatic heterocycles. The smallest absolute Gasteiger partial charge is 0.307 e. The van der Waals surface area contributed by atoms with Crippen LogP contribution in [0.25, 0.3) is 0 Å². The number of carbonyl (C=O) groups excluding carboxylic acids is 3. The number of hydrogen-bond donors (Lipinski definition) is 3. The molecule has 0 unspecified atom stereocenters. The molecule has 0 aromatic carbocycles. The second-order valence-corrected chi connectivity index (χ2v) is 9.80. The van der Waals surface area contributed by atoms with E-state index in [4.69, 9.17) is 19.4 Å². The van der Waals surface area contributed by atoms with Gasteiger partial charge in [-0.1, -0.05) is 49.0 Å². The summed E-state index contributed by atoms with van der Waals surface area (Å²) in [6, 6.07) is 0. The van der Waals surface area contributed by atoms with Crippen molar-refractivity contribution in [2.75, 3.05) is 46.1 Å². The fourth-order valence-electron chi connectivity index (χ4n) is 3.95. The molecule has 0 bridgehead atoms. The summed E-state index contributed by atoms with van der Waals surface area (Å²) in [6.45, 7) is 6.80. The van der Waals surface area contributed by atoms with Crippen molar-refractivity contribution in [3.8, 4) is 0 Å². The number of unbranched alkanes of at least 4 members (excludes halogenated alkanes) is 7. The number of aldehydes is 1. The summed E-state index contributed by atoms with van der Waals surface area (Å²) in [7, 11) is 0. The summed E-state index contributed by atoms with van der Waals surface area (Å²) in [5.41, 5.74) is 2.91. The molecule has 0 aliphatic rings. The molecule has 0 fully saturated rings. The van der Waals surface area contributed by atoms with Crippen molar-refractivity contribution in [1.82, 2.24) is 10.6 Å². The van der Waals surface area contributed by atoms with Crippen molar-refractivity contribution in [3.63, 3.8) is 0 Å². The normalized spacial score (nSPS) is 12.0. The lowest BCUT2D eigenvalue weighted by Crippen LogP contribution is -2.27. The molecule has 0 saturated heterocycles. The maximum absolute atomic E-state index is 11.7. The second-order valence-electron chi connectivity index (χ2n) is 9.80. The Labute approximate surface area is 231 Å². The van der Waals surface area contributed by atoms with E-state index in [9.17, 15) is 9.59 Å². The third-order valence-corrected chi connectivity index (χ3v) is 6.17. The number of aliphatic hydroxyl groups is 1. The summed E-state index contributed by atoms with van der Waals surface area (Å²) in [5.74, 6) is 0.147. The zero-order valence-electron chi connectivity index (χ0n) is 24.1. The molecule has 4 N–H and O–H groups in total. The van der Waals surface area contributed by atoms with Crippen LogP contribution in [0.15, 0.2) is 23.3 Å². The van der Waals surface area contributed by atoms with Crippen molar-refractivity contribution in [1.29, 1.82) is 0 Å². The molecule has 0 saturated carbocycles. The van der Waals surface area contributed by atoms with Crippen molar-refractivity contribution < 1.29 is 29.0 Å². The molecule has 8 heteroatoms. The molecule has 8 nitrogen and oxygen atoms in total. The number of amides is 2. The van der Waals surface area contributed by atoms with E-state index in [0.717, 1.165) is 70.5 Å². The van der Waals surface area contributed by atoms with Crippen LogP contribution in [0.3, 0.4) is 0 Å². The number of carbonyl (C=O) groups is 2. The van der Waals surface area contributed by atoms with Crippen LogP contribution < -0.4 is 10.6 Å². The fourth-order valence-corrected chi connectivity index (χ4v) is 3.95. The Morgan fingerprint density at radius 2 is 1.13 bits per heavy atom. The lowest BCUT2D eigenvalue weighted by Gasteiger charge is -2.06. The van der Waals surface area contributed by atoms with E-state index in [1.54, 1.807) is 0 Å². The molecule has 38 heavy (non-hydrogen) atoms. The Morgan fingerprint density at radius 3 is 1.58 bits per heavy atom. The van der Waals surface area contributed by atoms with Crippen LogP contribution in [-0.2, 0) is 19.1 Å². The minimum atomic E-state index is 0.0111. The summed E-state index contributed by atoms with van der Waals surface area (Å²) in [6.07, 6.45) is 19.9. The Bertz CT molecular complexity index is 663. The van der Waals surface area contributed by atoms with Crippen molar-refractivity contribution >= 4 is 18.1 Å². The van der Waals surface area contributed by atoms with Crippen LogP contribution in [0.1, 0.15) is 104 Å². The number of ether oxygens (including phenoxy) is 2. The number of nitrogens with one attached hydrogen (secondary N) is 2. The van der Waals surface area contributed by atoms with Crippen molar-refractivity contribution in [3.05, 3.63) is 23.3 Å². The zero-order chi connectivity index (χ0) is 28.1. The molecule has 0 aliphatic carbocycles. The SMILES string of the molecule is C/C(=C\CC/C=C(\C)CCCCCCC(=O)NCCOCCO)CCCCCCC(=O)NCCOCC=[OH+]. The first-order valence-electron chi connectivity index (χ1n) is 14.6. The van der Waals surface area contributed by atoms with Gasteiger partial charge in [0.15, 0.2) is 6.61 Å².